The number of nitrogens with one attached hydrogen (secondary N) is 1. The summed E-state index contributed by atoms with van der Waals surface area (Å²) in [5.74, 6) is -0.752. The number of rotatable bonds is 4. The third-order valence-electron chi connectivity index (χ3n) is 3.02. The minimum Gasteiger partial charge on any atom is -0.274 e. The molecule has 0 unspecified atom stereocenters. The van der Waals surface area contributed by atoms with Crippen molar-refractivity contribution in [3.63, 3.8) is 0 Å². The predicted molar refractivity (Wildman–Crippen MR) is 86.6 cm³/mol. The first-order chi connectivity index (χ1) is 10.2. The normalized spacial score (nSPS) is 12.3. The minimum absolute atomic E-state index is 0.153. The van der Waals surface area contributed by atoms with Crippen LogP contribution < -0.4 is 4.72 Å². The Kier molecular flexibility index (Phi) is 4.51. The number of para-hydroxylation sites is 1. The van der Waals surface area contributed by atoms with Crippen LogP contribution in [0, 0.1) is 5.41 Å². The van der Waals surface area contributed by atoms with Crippen molar-refractivity contribution >= 4 is 26.8 Å². The van der Waals surface area contributed by atoms with Gasteiger partial charge in [0.25, 0.3) is 0 Å². The summed E-state index contributed by atoms with van der Waals surface area (Å²) in [5, 5.41) is 0.871. The minimum atomic E-state index is -3.74. The molecule has 0 atom stereocenters. The van der Waals surface area contributed by atoms with E-state index in [1.165, 1.54) is 0 Å². The van der Waals surface area contributed by atoms with E-state index in [4.69, 9.17) is 0 Å². The maximum absolute atomic E-state index is 12.2. The van der Waals surface area contributed by atoms with Crippen LogP contribution in [0.5, 0.6) is 0 Å². The summed E-state index contributed by atoms with van der Waals surface area (Å²) in [4.78, 5) is 16.0. The van der Waals surface area contributed by atoms with Crippen LogP contribution in [0.25, 0.3) is 10.9 Å². The number of pyridine rings is 1. The Morgan fingerprint density at radius 3 is 2.55 bits per heavy atom. The summed E-state index contributed by atoms with van der Waals surface area (Å²) in [5.41, 5.74) is 0.952. The molecule has 1 N–H and O–H groups in total. The lowest BCUT2D eigenvalue weighted by molar-refractivity contribution is -0.121. The Bertz CT molecular complexity index is 787. The van der Waals surface area contributed by atoms with Gasteiger partial charge in [0, 0.05) is 18.0 Å². The highest BCUT2D eigenvalue weighted by molar-refractivity contribution is 7.89. The first-order valence-corrected chi connectivity index (χ1v) is 8.67. The fraction of sp³-hybridized carbons (Fsp3) is 0.375. The molecule has 0 bridgehead atoms. The lowest BCUT2D eigenvalue weighted by atomic mass is 9.92. The van der Waals surface area contributed by atoms with Crippen LogP contribution in [0.2, 0.25) is 0 Å². The van der Waals surface area contributed by atoms with Gasteiger partial charge in [0.05, 0.1) is 11.3 Å². The second-order valence-electron chi connectivity index (χ2n) is 6.51. The van der Waals surface area contributed by atoms with Crippen molar-refractivity contribution in [3.05, 3.63) is 42.1 Å². The quantitative estimate of drug-likeness (QED) is 0.939. The van der Waals surface area contributed by atoms with Gasteiger partial charge in [0.2, 0.25) is 15.9 Å². The van der Waals surface area contributed by atoms with E-state index < -0.39 is 15.9 Å². The van der Waals surface area contributed by atoms with Gasteiger partial charge in [0.15, 0.2) is 0 Å². The lowest BCUT2D eigenvalue weighted by Crippen LogP contribution is -2.34. The van der Waals surface area contributed by atoms with Gasteiger partial charge < -0.3 is 0 Å². The summed E-state index contributed by atoms with van der Waals surface area (Å²) < 4.78 is 26.5. The molecule has 0 saturated carbocycles. The molecule has 1 amide bonds. The Balaban J connectivity index is 2.19. The number of fused-ring (bicyclic) bond motifs is 1. The predicted octanol–water partition coefficient (Wildman–Crippen LogP) is 2.62. The van der Waals surface area contributed by atoms with Crippen molar-refractivity contribution in [1.82, 2.24) is 9.71 Å². The van der Waals surface area contributed by atoms with Crippen molar-refractivity contribution in [2.24, 2.45) is 5.41 Å². The molecular formula is C16H20N2O3S. The van der Waals surface area contributed by atoms with E-state index in [1.807, 2.05) is 32.9 Å². The van der Waals surface area contributed by atoms with E-state index in [0.717, 1.165) is 5.39 Å². The van der Waals surface area contributed by atoms with Gasteiger partial charge in [-0.1, -0.05) is 45.0 Å². The molecule has 2 aromatic rings. The first kappa shape index (κ1) is 16.4. The maximum Gasteiger partial charge on any atom is 0.239 e. The summed E-state index contributed by atoms with van der Waals surface area (Å²) in [6, 6.07) is 9.04. The van der Waals surface area contributed by atoms with Crippen LogP contribution in [-0.4, -0.2) is 19.3 Å². The van der Waals surface area contributed by atoms with Crippen molar-refractivity contribution in [2.45, 2.75) is 32.9 Å². The largest absolute Gasteiger partial charge is 0.274 e. The first-order valence-electron chi connectivity index (χ1n) is 7.02. The van der Waals surface area contributed by atoms with Crippen LogP contribution in [0.15, 0.2) is 36.5 Å². The Labute approximate surface area is 130 Å². The molecule has 0 radical (unpaired) electrons. The number of sulfonamides is 1. The molecule has 0 aliphatic heterocycles. The van der Waals surface area contributed by atoms with Gasteiger partial charge in [-0.15, -0.1) is 0 Å². The number of aromatic nitrogens is 1. The van der Waals surface area contributed by atoms with Crippen LogP contribution in [0.3, 0.4) is 0 Å². The molecule has 1 aromatic carbocycles. The standard InChI is InChI=1S/C16H20N2O3S/c1-16(2,3)10-14(19)18-22(20,21)11-13-7-4-6-12-8-5-9-17-15(12)13/h4-9H,10-11H2,1-3H3,(H,18,19). The van der Waals surface area contributed by atoms with Crippen molar-refractivity contribution < 1.29 is 13.2 Å². The number of carbonyl (C=O) groups is 1. The number of hydrogen-bond donors (Lipinski definition) is 1. The van der Waals surface area contributed by atoms with E-state index >= 15 is 0 Å². The molecule has 2 rings (SSSR count). The monoisotopic (exact) mass is 320 g/mol. The van der Waals surface area contributed by atoms with Crippen LogP contribution in [-0.2, 0) is 20.6 Å². The molecule has 6 heteroatoms. The van der Waals surface area contributed by atoms with Crippen molar-refractivity contribution in [2.75, 3.05) is 0 Å². The Morgan fingerprint density at radius 1 is 1.18 bits per heavy atom. The summed E-state index contributed by atoms with van der Waals surface area (Å²) in [7, 11) is -3.74. The fourth-order valence-electron chi connectivity index (χ4n) is 2.22. The van der Waals surface area contributed by atoms with E-state index in [0.29, 0.717) is 11.1 Å². The SMILES string of the molecule is CC(C)(C)CC(=O)NS(=O)(=O)Cc1cccc2cccnc12. The highest BCUT2D eigenvalue weighted by Gasteiger charge is 2.21. The molecule has 0 aliphatic rings. The van der Waals surface area contributed by atoms with Gasteiger partial charge in [-0.3, -0.25) is 14.5 Å². The smallest absolute Gasteiger partial charge is 0.239 e. The molecule has 0 spiro atoms. The van der Waals surface area contributed by atoms with Gasteiger partial charge in [0.1, 0.15) is 0 Å². The molecule has 0 aliphatic carbocycles. The highest BCUT2D eigenvalue weighted by atomic mass is 32.2. The summed E-state index contributed by atoms with van der Waals surface area (Å²) in [6.45, 7) is 5.65. The number of benzene rings is 1. The average molecular weight is 320 g/mol. The van der Waals surface area contributed by atoms with Crippen molar-refractivity contribution in [1.29, 1.82) is 0 Å². The van der Waals surface area contributed by atoms with Gasteiger partial charge >= 0.3 is 0 Å². The zero-order valence-corrected chi connectivity index (χ0v) is 13.8. The van der Waals surface area contributed by atoms with Gasteiger partial charge in [-0.2, -0.15) is 0 Å². The second kappa shape index (κ2) is 6.04. The van der Waals surface area contributed by atoms with Crippen LogP contribution in [0.1, 0.15) is 32.8 Å². The topological polar surface area (TPSA) is 76.1 Å². The fourth-order valence-corrected chi connectivity index (χ4v) is 3.35. The molecule has 0 fully saturated rings. The van der Waals surface area contributed by atoms with Gasteiger partial charge in [-0.25, -0.2) is 8.42 Å². The zero-order chi connectivity index (χ0) is 16.4. The third-order valence-corrected chi connectivity index (χ3v) is 4.25. The number of hydrogen-bond acceptors (Lipinski definition) is 4. The Morgan fingerprint density at radius 2 is 1.86 bits per heavy atom. The highest BCUT2D eigenvalue weighted by Crippen LogP contribution is 2.20. The Hall–Kier alpha value is -1.95. The lowest BCUT2D eigenvalue weighted by Gasteiger charge is -2.17. The van der Waals surface area contributed by atoms with E-state index in [1.54, 1.807) is 24.4 Å². The molecule has 5 nitrogen and oxygen atoms in total. The molecule has 0 saturated heterocycles. The number of carbonyl (C=O) groups excluding carboxylic acids is 1. The number of amides is 1. The third kappa shape index (κ3) is 4.53. The molecule has 1 aromatic heterocycles. The second-order valence-corrected chi connectivity index (χ2v) is 8.24. The molecule has 1 heterocycles. The molecular weight excluding hydrogens is 300 g/mol. The number of nitrogens with zero attached hydrogens (tertiary/aromatic N) is 1. The van der Waals surface area contributed by atoms with E-state index in [-0.39, 0.29) is 17.6 Å². The van der Waals surface area contributed by atoms with Crippen molar-refractivity contribution in [3.8, 4) is 0 Å². The zero-order valence-electron chi connectivity index (χ0n) is 13.0. The van der Waals surface area contributed by atoms with Crippen LogP contribution in [0.4, 0.5) is 0 Å². The molecule has 22 heavy (non-hydrogen) atoms. The maximum atomic E-state index is 12.2. The molecule has 118 valence electrons. The van der Waals surface area contributed by atoms with Gasteiger partial charge in [-0.05, 0) is 17.0 Å². The van der Waals surface area contributed by atoms with Crippen LogP contribution >= 0.6 is 0 Å². The van der Waals surface area contributed by atoms with E-state index in [9.17, 15) is 13.2 Å². The average Bonchev–Trinajstić information content (AvgIpc) is 2.35. The van der Waals surface area contributed by atoms with E-state index in [2.05, 4.69) is 9.71 Å². The summed E-state index contributed by atoms with van der Waals surface area (Å²) in [6.07, 6.45) is 1.77. The summed E-state index contributed by atoms with van der Waals surface area (Å²) >= 11 is 0.